The number of carbonyl (C=O) groups is 1. The Morgan fingerprint density at radius 1 is 1.10 bits per heavy atom. The van der Waals surface area contributed by atoms with E-state index in [0.717, 1.165) is 15.6 Å². The maximum absolute atomic E-state index is 12.2. The molecular weight excluding hydrogens is 282 g/mol. The van der Waals surface area contributed by atoms with Crippen LogP contribution in [0.15, 0.2) is 58.8 Å². The molecule has 0 spiro atoms. The van der Waals surface area contributed by atoms with E-state index in [2.05, 4.69) is 0 Å². The van der Waals surface area contributed by atoms with Gasteiger partial charge in [0.1, 0.15) is 0 Å². The Labute approximate surface area is 126 Å². The van der Waals surface area contributed by atoms with Crippen LogP contribution >= 0.6 is 11.3 Å². The lowest BCUT2D eigenvalue weighted by molar-refractivity contribution is 0.0978. The van der Waals surface area contributed by atoms with Gasteiger partial charge < -0.3 is 4.57 Å². The van der Waals surface area contributed by atoms with Gasteiger partial charge in [-0.15, -0.1) is 11.3 Å². The predicted molar refractivity (Wildman–Crippen MR) is 86.1 cm³/mol. The summed E-state index contributed by atoms with van der Waals surface area (Å²) in [5, 5.41) is 2.69. The largest absolute Gasteiger partial charge is 0.315 e. The summed E-state index contributed by atoms with van der Waals surface area (Å²) in [5.41, 5.74) is 0.763. The summed E-state index contributed by atoms with van der Waals surface area (Å²) < 4.78 is 2.70. The number of aryl methyl sites for hydroxylation is 1. The average Bonchev–Trinajstić information content (AvgIpc) is 3.00. The molecule has 2 aromatic heterocycles. The Balaban J connectivity index is 1.66. The van der Waals surface area contributed by atoms with Crippen LogP contribution in [0, 0.1) is 0 Å². The Kier molecular flexibility index (Phi) is 3.97. The van der Waals surface area contributed by atoms with Gasteiger partial charge in [-0.25, -0.2) is 0 Å². The second-order valence-electron chi connectivity index (χ2n) is 4.91. The summed E-state index contributed by atoms with van der Waals surface area (Å²) in [6, 6.07) is 13.1. The number of ketones is 1. The molecule has 4 heteroatoms. The molecule has 0 fully saturated rings. The molecule has 21 heavy (non-hydrogen) atoms. The van der Waals surface area contributed by atoms with Crippen LogP contribution in [0.2, 0.25) is 0 Å². The number of thiophene rings is 1. The number of hydrogen-bond donors (Lipinski definition) is 0. The van der Waals surface area contributed by atoms with E-state index in [4.69, 9.17) is 0 Å². The summed E-state index contributed by atoms with van der Waals surface area (Å²) in [7, 11) is 0. The first-order valence-corrected chi connectivity index (χ1v) is 7.78. The fourth-order valence-electron chi connectivity index (χ4n) is 2.36. The summed E-state index contributed by atoms with van der Waals surface area (Å²) >= 11 is 1.57. The number of carbonyl (C=O) groups excluding carboxylic acids is 1. The average molecular weight is 297 g/mol. The van der Waals surface area contributed by atoms with E-state index in [9.17, 15) is 9.59 Å². The second kappa shape index (κ2) is 6.06. The number of aromatic nitrogens is 1. The predicted octanol–water partition coefficient (Wildman–Crippen LogP) is 3.73. The summed E-state index contributed by atoms with van der Waals surface area (Å²) in [6.45, 7) is 0.573. The van der Waals surface area contributed by atoms with E-state index < -0.39 is 0 Å². The van der Waals surface area contributed by atoms with Crippen LogP contribution < -0.4 is 5.56 Å². The molecule has 2 heterocycles. The highest BCUT2D eigenvalue weighted by molar-refractivity contribution is 7.17. The van der Waals surface area contributed by atoms with Crippen molar-refractivity contribution < 1.29 is 4.79 Å². The van der Waals surface area contributed by atoms with Crippen molar-refractivity contribution in [2.24, 2.45) is 0 Å². The molecule has 106 valence electrons. The zero-order valence-corrected chi connectivity index (χ0v) is 12.3. The van der Waals surface area contributed by atoms with Gasteiger partial charge in [0.15, 0.2) is 5.78 Å². The molecule has 0 atom stereocenters. The molecule has 0 saturated heterocycles. The molecule has 0 saturated carbocycles. The molecule has 0 unspecified atom stereocenters. The first kappa shape index (κ1) is 13.8. The van der Waals surface area contributed by atoms with Crippen LogP contribution in [-0.2, 0) is 6.54 Å². The molecule has 3 aromatic rings. The first-order chi connectivity index (χ1) is 10.3. The minimum absolute atomic E-state index is 0.0286. The van der Waals surface area contributed by atoms with E-state index in [0.29, 0.717) is 19.4 Å². The third kappa shape index (κ3) is 2.95. The quantitative estimate of drug-likeness (QED) is 0.673. The number of rotatable bonds is 5. The molecule has 3 nitrogen and oxygen atoms in total. The van der Waals surface area contributed by atoms with Crippen molar-refractivity contribution in [3.05, 3.63) is 70.0 Å². The van der Waals surface area contributed by atoms with Gasteiger partial charge in [0.25, 0.3) is 5.56 Å². The molecule has 0 aliphatic rings. The normalized spacial score (nSPS) is 10.9. The van der Waals surface area contributed by atoms with Gasteiger partial charge in [-0.1, -0.05) is 30.3 Å². The highest BCUT2D eigenvalue weighted by Gasteiger charge is 2.07. The number of hydrogen-bond acceptors (Lipinski definition) is 3. The van der Waals surface area contributed by atoms with E-state index >= 15 is 0 Å². The van der Waals surface area contributed by atoms with E-state index in [1.807, 2.05) is 54.0 Å². The molecule has 0 bridgehead atoms. The number of fused-ring (bicyclic) bond motifs is 1. The Hall–Kier alpha value is -2.20. The van der Waals surface area contributed by atoms with Crippen LogP contribution in [0.3, 0.4) is 0 Å². The molecular formula is C17H15NO2S. The molecule has 1 aromatic carbocycles. The minimum atomic E-state index is 0.0286. The van der Waals surface area contributed by atoms with Gasteiger partial charge in [0, 0.05) is 29.4 Å². The van der Waals surface area contributed by atoms with Crippen molar-refractivity contribution in [2.75, 3.05) is 0 Å². The highest BCUT2D eigenvalue weighted by Crippen LogP contribution is 2.16. The molecule has 0 amide bonds. The third-order valence-corrected chi connectivity index (χ3v) is 4.37. The van der Waals surface area contributed by atoms with E-state index in [-0.39, 0.29) is 11.3 Å². The summed E-state index contributed by atoms with van der Waals surface area (Å²) in [5.74, 6) is 0.125. The van der Waals surface area contributed by atoms with Crippen LogP contribution in [0.25, 0.3) is 10.1 Å². The smallest absolute Gasteiger partial charge is 0.259 e. The van der Waals surface area contributed by atoms with E-state index in [1.165, 1.54) is 0 Å². The number of pyridine rings is 1. The number of benzene rings is 1. The van der Waals surface area contributed by atoms with Gasteiger partial charge in [-0.3, -0.25) is 9.59 Å². The van der Waals surface area contributed by atoms with Crippen LogP contribution in [0.5, 0.6) is 0 Å². The van der Waals surface area contributed by atoms with Gasteiger partial charge >= 0.3 is 0 Å². The lowest BCUT2D eigenvalue weighted by Gasteiger charge is -2.05. The SMILES string of the molecule is O=C(CCCn1ccc2sccc2c1=O)c1ccccc1. The van der Waals surface area contributed by atoms with E-state index in [1.54, 1.807) is 15.9 Å². The fourth-order valence-corrected chi connectivity index (χ4v) is 3.13. The topological polar surface area (TPSA) is 39.1 Å². The summed E-state index contributed by atoms with van der Waals surface area (Å²) in [6.07, 6.45) is 2.94. The fraction of sp³-hybridized carbons (Fsp3) is 0.176. The van der Waals surface area contributed by atoms with Crippen molar-refractivity contribution in [2.45, 2.75) is 19.4 Å². The number of nitrogens with zero attached hydrogens (tertiary/aromatic N) is 1. The van der Waals surface area contributed by atoms with Crippen molar-refractivity contribution in [3.8, 4) is 0 Å². The standard InChI is InChI=1S/C17H15NO2S/c19-15(13-5-2-1-3-6-13)7-4-10-18-11-8-16-14(17(18)20)9-12-21-16/h1-3,5-6,8-9,11-12H,4,7,10H2. The second-order valence-corrected chi connectivity index (χ2v) is 5.85. The van der Waals surface area contributed by atoms with Gasteiger partial charge in [0.05, 0.1) is 5.39 Å². The molecule has 0 aliphatic heterocycles. The number of Topliss-reactive ketones (excluding diaryl/α,β-unsaturated/α-hetero) is 1. The Bertz CT molecular complexity index is 817. The Morgan fingerprint density at radius 2 is 1.90 bits per heavy atom. The highest BCUT2D eigenvalue weighted by atomic mass is 32.1. The Morgan fingerprint density at radius 3 is 2.71 bits per heavy atom. The van der Waals surface area contributed by atoms with Crippen molar-refractivity contribution in [1.82, 2.24) is 4.57 Å². The van der Waals surface area contributed by atoms with Crippen molar-refractivity contribution in [3.63, 3.8) is 0 Å². The summed E-state index contributed by atoms with van der Waals surface area (Å²) in [4.78, 5) is 24.2. The first-order valence-electron chi connectivity index (χ1n) is 6.90. The van der Waals surface area contributed by atoms with Crippen molar-refractivity contribution in [1.29, 1.82) is 0 Å². The molecule has 0 aliphatic carbocycles. The van der Waals surface area contributed by atoms with Crippen LogP contribution in [0.4, 0.5) is 0 Å². The maximum atomic E-state index is 12.2. The third-order valence-electron chi connectivity index (χ3n) is 3.49. The van der Waals surface area contributed by atoms with Crippen LogP contribution in [-0.4, -0.2) is 10.4 Å². The van der Waals surface area contributed by atoms with Gasteiger partial charge in [0.2, 0.25) is 0 Å². The van der Waals surface area contributed by atoms with Gasteiger partial charge in [-0.05, 0) is 23.9 Å². The van der Waals surface area contributed by atoms with Crippen molar-refractivity contribution >= 4 is 27.2 Å². The zero-order valence-electron chi connectivity index (χ0n) is 11.5. The molecule has 0 N–H and O–H groups in total. The maximum Gasteiger partial charge on any atom is 0.259 e. The lowest BCUT2D eigenvalue weighted by Crippen LogP contribution is -2.19. The monoisotopic (exact) mass is 297 g/mol. The zero-order chi connectivity index (χ0) is 14.7. The van der Waals surface area contributed by atoms with Gasteiger partial charge in [-0.2, -0.15) is 0 Å². The van der Waals surface area contributed by atoms with Crippen LogP contribution in [0.1, 0.15) is 23.2 Å². The molecule has 3 rings (SSSR count). The molecule has 0 radical (unpaired) electrons. The minimum Gasteiger partial charge on any atom is -0.315 e. The lowest BCUT2D eigenvalue weighted by atomic mass is 10.1.